The van der Waals surface area contributed by atoms with Crippen molar-refractivity contribution in [3.05, 3.63) is 16.9 Å². The van der Waals surface area contributed by atoms with Crippen LogP contribution in [0.25, 0.3) is 0 Å². The monoisotopic (exact) mass is 301 g/mol. The topological polar surface area (TPSA) is 64.6 Å². The first kappa shape index (κ1) is 12.3. The number of methoxy groups -OCH3 is 1. The summed E-state index contributed by atoms with van der Waals surface area (Å²) in [5.41, 5.74) is 0. The Morgan fingerprint density at radius 3 is 2.94 bits per heavy atom. The van der Waals surface area contributed by atoms with Crippen LogP contribution < -0.4 is 4.90 Å². The van der Waals surface area contributed by atoms with Gasteiger partial charge in [0.15, 0.2) is 6.04 Å². The molecular weight excluding hydrogens is 290 g/mol. The minimum Gasteiger partial charge on any atom is -0.467 e. The van der Waals surface area contributed by atoms with Gasteiger partial charge in [-0.3, -0.25) is 0 Å². The maximum Gasteiger partial charge on any atom is 0.331 e. The van der Waals surface area contributed by atoms with E-state index in [1.807, 2.05) is 0 Å². The van der Waals surface area contributed by atoms with Gasteiger partial charge in [0, 0.05) is 18.9 Å². The van der Waals surface area contributed by atoms with Crippen LogP contribution in [0.4, 0.5) is 5.95 Å². The van der Waals surface area contributed by atoms with Crippen LogP contribution in [-0.4, -0.2) is 48.8 Å². The van der Waals surface area contributed by atoms with Gasteiger partial charge < -0.3 is 14.4 Å². The van der Waals surface area contributed by atoms with E-state index in [2.05, 4.69) is 25.9 Å². The molecule has 92 valence electrons. The summed E-state index contributed by atoms with van der Waals surface area (Å²) in [6.45, 7) is 1.42. The number of anilines is 1. The second kappa shape index (κ2) is 5.42. The summed E-state index contributed by atoms with van der Waals surface area (Å²) < 4.78 is 10.8. The van der Waals surface area contributed by atoms with Crippen molar-refractivity contribution in [2.24, 2.45) is 0 Å². The predicted octanol–water partition coefficient (Wildman–Crippen LogP) is 0.617. The summed E-state index contributed by atoms with van der Waals surface area (Å²) in [4.78, 5) is 21.7. The molecule has 2 heterocycles. The van der Waals surface area contributed by atoms with E-state index < -0.39 is 6.04 Å². The number of hydrogen-bond acceptors (Lipinski definition) is 6. The fraction of sp³-hybridized carbons (Fsp3) is 0.500. The Labute approximate surface area is 107 Å². The average Bonchev–Trinajstić information content (AvgIpc) is 2.39. The second-order valence-electron chi connectivity index (χ2n) is 3.51. The molecule has 0 spiro atoms. The van der Waals surface area contributed by atoms with E-state index in [1.54, 1.807) is 17.3 Å². The first-order chi connectivity index (χ1) is 8.22. The van der Waals surface area contributed by atoms with Crippen LogP contribution in [0.1, 0.15) is 0 Å². The molecule has 1 aliphatic heterocycles. The highest BCUT2D eigenvalue weighted by atomic mass is 79.9. The molecule has 1 atom stereocenters. The largest absolute Gasteiger partial charge is 0.467 e. The van der Waals surface area contributed by atoms with Crippen LogP contribution in [0.2, 0.25) is 0 Å². The van der Waals surface area contributed by atoms with E-state index >= 15 is 0 Å². The van der Waals surface area contributed by atoms with Gasteiger partial charge in [-0.1, -0.05) is 0 Å². The Hall–Kier alpha value is -1.21. The first-order valence-electron chi connectivity index (χ1n) is 5.12. The van der Waals surface area contributed by atoms with E-state index in [4.69, 9.17) is 9.47 Å². The normalized spacial score (nSPS) is 20.1. The maximum atomic E-state index is 11.6. The fourth-order valence-electron chi connectivity index (χ4n) is 1.63. The molecule has 0 bridgehead atoms. The lowest BCUT2D eigenvalue weighted by molar-refractivity contribution is -0.144. The lowest BCUT2D eigenvalue weighted by Crippen LogP contribution is -2.51. The summed E-state index contributed by atoms with van der Waals surface area (Å²) in [5.74, 6) is 0.170. The molecule has 0 aliphatic carbocycles. The molecule has 17 heavy (non-hydrogen) atoms. The zero-order valence-electron chi connectivity index (χ0n) is 9.30. The van der Waals surface area contributed by atoms with Crippen LogP contribution in [0.3, 0.4) is 0 Å². The first-order valence-corrected chi connectivity index (χ1v) is 5.91. The Bertz CT molecular complexity index is 398. The van der Waals surface area contributed by atoms with Gasteiger partial charge in [-0.05, 0) is 15.9 Å². The highest BCUT2D eigenvalue weighted by Crippen LogP contribution is 2.17. The van der Waals surface area contributed by atoms with Crippen molar-refractivity contribution in [2.45, 2.75) is 6.04 Å². The molecule has 2 rings (SSSR count). The van der Waals surface area contributed by atoms with Gasteiger partial charge in [0.2, 0.25) is 5.95 Å². The Morgan fingerprint density at radius 1 is 1.59 bits per heavy atom. The number of halogens is 1. The number of nitrogens with zero attached hydrogens (tertiary/aromatic N) is 3. The molecule has 7 heteroatoms. The molecule has 0 N–H and O–H groups in total. The zero-order chi connectivity index (χ0) is 12.3. The number of hydrogen-bond donors (Lipinski definition) is 0. The van der Waals surface area contributed by atoms with Crippen molar-refractivity contribution < 1.29 is 14.3 Å². The highest BCUT2D eigenvalue weighted by molar-refractivity contribution is 9.10. The quantitative estimate of drug-likeness (QED) is 0.746. The SMILES string of the molecule is COC(=O)C1COCCN1c1ncc(Br)cn1. The summed E-state index contributed by atoms with van der Waals surface area (Å²) in [7, 11) is 1.36. The lowest BCUT2D eigenvalue weighted by Gasteiger charge is -2.33. The fourth-order valence-corrected chi connectivity index (χ4v) is 1.83. The van der Waals surface area contributed by atoms with E-state index in [0.717, 1.165) is 4.47 Å². The molecule has 6 nitrogen and oxygen atoms in total. The summed E-state index contributed by atoms with van der Waals surface area (Å²) in [5, 5.41) is 0. The van der Waals surface area contributed by atoms with Gasteiger partial charge in [0.25, 0.3) is 0 Å². The van der Waals surface area contributed by atoms with Gasteiger partial charge in [-0.2, -0.15) is 0 Å². The Kier molecular flexibility index (Phi) is 3.90. The van der Waals surface area contributed by atoms with E-state index in [1.165, 1.54) is 7.11 Å². The van der Waals surface area contributed by atoms with Crippen LogP contribution in [-0.2, 0) is 14.3 Å². The van der Waals surface area contributed by atoms with E-state index in [-0.39, 0.29) is 5.97 Å². The Morgan fingerprint density at radius 2 is 2.29 bits per heavy atom. The summed E-state index contributed by atoms with van der Waals surface area (Å²) in [6, 6.07) is -0.477. The molecule has 1 aromatic rings. The molecule has 1 unspecified atom stereocenters. The van der Waals surface area contributed by atoms with Gasteiger partial charge in [0.1, 0.15) is 0 Å². The molecule has 0 saturated carbocycles. The average molecular weight is 302 g/mol. The van der Waals surface area contributed by atoms with Crippen molar-refractivity contribution in [1.82, 2.24) is 9.97 Å². The second-order valence-corrected chi connectivity index (χ2v) is 4.42. The molecule has 1 aromatic heterocycles. The van der Waals surface area contributed by atoms with Crippen molar-refractivity contribution >= 4 is 27.8 Å². The van der Waals surface area contributed by atoms with Crippen molar-refractivity contribution in [2.75, 3.05) is 31.8 Å². The predicted molar refractivity (Wildman–Crippen MR) is 63.7 cm³/mol. The van der Waals surface area contributed by atoms with E-state index in [9.17, 15) is 4.79 Å². The number of ether oxygens (including phenoxy) is 2. The van der Waals surface area contributed by atoms with Crippen molar-refractivity contribution in [1.29, 1.82) is 0 Å². The van der Waals surface area contributed by atoms with Crippen molar-refractivity contribution in [3.63, 3.8) is 0 Å². The molecule has 0 aromatic carbocycles. The van der Waals surface area contributed by atoms with Crippen LogP contribution in [0.5, 0.6) is 0 Å². The highest BCUT2D eigenvalue weighted by Gasteiger charge is 2.31. The Balaban J connectivity index is 2.21. The zero-order valence-corrected chi connectivity index (χ0v) is 10.9. The number of aromatic nitrogens is 2. The third-order valence-electron chi connectivity index (χ3n) is 2.47. The number of esters is 1. The standard InChI is InChI=1S/C10H12BrN3O3/c1-16-9(15)8-6-17-3-2-14(8)10-12-4-7(11)5-13-10/h4-5,8H,2-3,6H2,1H3. The minimum atomic E-state index is -0.477. The van der Waals surface area contributed by atoms with Gasteiger partial charge in [-0.15, -0.1) is 0 Å². The minimum absolute atomic E-state index is 0.298. The number of morpholine rings is 1. The maximum absolute atomic E-state index is 11.6. The van der Waals surface area contributed by atoms with Crippen LogP contribution in [0, 0.1) is 0 Å². The molecule has 1 aliphatic rings. The third-order valence-corrected chi connectivity index (χ3v) is 2.87. The molecule has 0 amide bonds. The summed E-state index contributed by atoms with van der Waals surface area (Å²) >= 11 is 3.27. The molecule has 1 saturated heterocycles. The summed E-state index contributed by atoms with van der Waals surface area (Å²) in [6.07, 6.45) is 3.29. The van der Waals surface area contributed by atoms with Gasteiger partial charge in [0.05, 0.1) is 24.8 Å². The third kappa shape index (κ3) is 2.73. The number of carbonyl (C=O) groups is 1. The van der Waals surface area contributed by atoms with Crippen molar-refractivity contribution in [3.8, 4) is 0 Å². The number of rotatable bonds is 2. The van der Waals surface area contributed by atoms with Gasteiger partial charge in [-0.25, -0.2) is 14.8 Å². The van der Waals surface area contributed by atoms with E-state index in [0.29, 0.717) is 25.7 Å². The molecular formula is C10H12BrN3O3. The smallest absolute Gasteiger partial charge is 0.331 e. The van der Waals surface area contributed by atoms with Crippen LogP contribution in [0.15, 0.2) is 16.9 Å². The lowest BCUT2D eigenvalue weighted by atomic mass is 10.2. The van der Waals surface area contributed by atoms with Gasteiger partial charge >= 0.3 is 5.97 Å². The molecule has 1 fully saturated rings. The number of carbonyl (C=O) groups excluding carboxylic acids is 1. The van der Waals surface area contributed by atoms with Crippen LogP contribution >= 0.6 is 15.9 Å². The molecule has 0 radical (unpaired) electrons.